The molecule has 8 amide bonds. The van der Waals surface area contributed by atoms with Gasteiger partial charge in [-0.2, -0.15) is 0 Å². The minimum Gasteiger partial charge on any atom is -0.368 e. The van der Waals surface area contributed by atoms with Gasteiger partial charge in [-0.1, -0.05) is 193 Å². The van der Waals surface area contributed by atoms with Gasteiger partial charge in [-0.05, 0) is 61.5 Å². The number of fused-ring (bicyclic) bond motifs is 2. The molecule has 0 aromatic heterocycles. The fraction of sp³-hybridized carbons (Fsp3) is 0.281. The molecule has 1 aliphatic rings. The first-order valence-corrected chi connectivity index (χ1v) is 30.2. The molecule has 0 bridgehead atoms. The minimum atomic E-state index is -1.80. The smallest absolute Gasteiger partial charge is 0.264 e. The van der Waals surface area contributed by atoms with Crippen molar-refractivity contribution in [2.24, 2.45) is 11.5 Å². The monoisotopic (exact) mass is 1170 g/mol. The third kappa shape index (κ3) is 17.3. The van der Waals surface area contributed by atoms with Gasteiger partial charge in [0, 0.05) is 62.4 Å². The van der Waals surface area contributed by atoms with Crippen LogP contribution in [0.4, 0.5) is 0 Å². The Balaban J connectivity index is 1.17. The van der Waals surface area contributed by atoms with Crippen LogP contribution in [0.3, 0.4) is 0 Å². The molecule has 1 fully saturated rings. The van der Waals surface area contributed by atoms with Gasteiger partial charge in [-0.15, -0.1) is 0 Å². The Labute approximate surface area is 496 Å². The Hall–Kier alpha value is -8.56. The molecular formula is C64H70N10O8S2. The quantitative estimate of drug-likeness (QED) is 0.0601. The summed E-state index contributed by atoms with van der Waals surface area (Å²) >= 11 is 0. The van der Waals surface area contributed by atoms with Gasteiger partial charge in [0.15, 0.2) is 6.17 Å². The Morgan fingerprint density at radius 3 is 1.58 bits per heavy atom. The van der Waals surface area contributed by atoms with Crippen LogP contribution in [0.25, 0.3) is 21.5 Å². The topological polar surface area (TPSA) is 276 Å². The average Bonchev–Trinajstić information content (AvgIpc) is 3.32. The van der Waals surface area contributed by atoms with Gasteiger partial charge in [0.05, 0.1) is 6.04 Å². The first-order chi connectivity index (χ1) is 40.5. The molecule has 7 aromatic rings. The summed E-state index contributed by atoms with van der Waals surface area (Å²) in [6.45, 7) is 4.62. The molecule has 0 radical (unpaired) electrons. The Kier molecular flexibility index (Phi) is 21.7. The van der Waals surface area contributed by atoms with Crippen LogP contribution >= 0.6 is 21.6 Å². The Bertz CT molecular complexity index is 3470. The van der Waals surface area contributed by atoms with Crippen molar-refractivity contribution in [1.29, 1.82) is 0 Å². The van der Waals surface area contributed by atoms with Gasteiger partial charge >= 0.3 is 0 Å². The molecule has 1 saturated heterocycles. The predicted molar refractivity (Wildman–Crippen MR) is 330 cm³/mol. The van der Waals surface area contributed by atoms with Crippen molar-refractivity contribution in [2.75, 3.05) is 18.6 Å². The number of nitrogens with two attached hydrogens (primary N) is 2. The lowest BCUT2D eigenvalue weighted by Gasteiger charge is -2.32. The molecule has 1 heterocycles. The molecule has 436 valence electrons. The van der Waals surface area contributed by atoms with Crippen LogP contribution in [0.1, 0.15) is 52.0 Å². The highest BCUT2D eigenvalue weighted by molar-refractivity contribution is 8.76. The van der Waals surface area contributed by atoms with Crippen LogP contribution < -0.4 is 48.7 Å². The van der Waals surface area contributed by atoms with Crippen molar-refractivity contribution >= 4 is 90.4 Å². The van der Waals surface area contributed by atoms with Crippen LogP contribution in [0.15, 0.2) is 170 Å². The van der Waals surface area contributed by atoms with Crippen LogP contribution in [-0.4, -0.2) is 119 Å². The number of carbonyl (C=O) groups is 8. The largest absolute Gasteiger partial charge is 0.368 e. The van der Waals surface area contributed by atoms with Gasteiger partial charge in [0.2, 0.25) is 35.4 Å². The van der Waals surface area contributed by atoms with Gasteiger partial charge < -0.3 is 53.6 Å². The van der Waals surface area contributed by atoms with E-state index in [9.17, 15) is 28.8 Å². The maximum atomic E-state index is 15.2. The van der Waals surface area contributed by atoms with Gasteiger partial charge in [0.25, 0.3) is 11.8 Å². The second-order valence-electron chi connectivity index (χ2n) is 21.1. The number of hydrogen-bond acceptors (Lipinski definition) is 12. The summed E-state index contributed by atoms with van der Waals surface area (Å²) in [5.41, 5.74) is 16.2. The van der Waals surface area contributed by atoms with Crippen molar-refractivity contribution in [3.8, 4) is 0 Å². The standard InChI is InChI=1S/C64H70N10O8S2/c1-39(2)67-36-43-24-22-42(23-25-43)33-53-59(77)70-52(31-40-14-6-4-7-15-40)60(78)72-55(62(80)68-51(56(66)75)34-44-26-27-45-18-10-12-20-47(45)30-44)38-84-83-37-50(65)58(76)69-54(32-41-16-8-5-9-17-41)61(79)73-57(63(81)71-53)74(3)64(82)49-29-28-46-19-11-13-21-48(46)35-49/h4-30,35,39,50-55,57,67H,31-34,36-38,65H2,1-3H3,(H2,66,75)(H,68,80)(H,69,76)(H,70,77)(H,71,81)(H,72,78)(H,73,79)/t50-,51-,52-,53-,54-,55-,57+/m0/s1. The lowest BCUT2D eigenvalue weighted by Crippen LogP contribution is -2.64. The number of nitrogens with one attached hydrogen (secondary N) is 7. The summed E-state index contributed by atoms with van der Waals surface area (Å²) in [5.74, 6) is -6.51. The molecular weight excluding hydrogens is 1100 g/mol. The molecule has 8 rings (SSSR count). The second kappa shape index (κ2) is 29.6. The van der Waals surface area contributed by atoms with Crippen molar-refractivity contribution in [3.05, 3.63) is 203 Å². The van der Waals surface area contributed by atoms with Crippen molar-refractivity contribution in [1.82, 2.24) is 42.1 Å². The first kappa shape index (κ1) is 61.5. The lowest BCUT2D eigenvalue weighted by atomic mass is 10.0. The highest BCUT2D eigenvalue weighted by atomic mass is 33.1. The van der Waals surface area contributed by atoms with Crippen LogP contribution in [0.2, 0.25) is 0 Å². The molecule has 1 aliphatic heterocycles. The molecule has 0 spiro atoms. The van der Waals surface area contributed by atoms with E-state index in [1.54, 1.807) is 78.9 Å². The highest BCUT2D eigenvalue weighted by Crippen LogP contribution is 2.24. The average molecular weight is 1170 g/mol. The van der Waals surface area contributed by atoms with Crippen LogP contribution in [0.5, 0.6) is 0 Å². The summed E-state index contributed by atoms with van der Waals surface area (Å²) in [7, 11) is 3.59. The maximum Gasteiger partial charge on any atom is 0.264 e. The number of amides is 8. The summed E-state index contributed by atoms with van der Waals surface area (Å²) in [5, 5.41) is 23.7. The van der Waals surface area contributed by atoms with Crippen molar-refractivity contribution < 1.29 is 38.4 Å². The molecule has 84 heavy (non-hydrogen) atoms. The number of rotatable bonds is 16. The number of benzene rings is 7. The van der Waals surface area contributed by atoms with Crippen LogP contribution in [-0.2, 0) is 65.8 Å². The summed E-state index contributed by atoms with van der Waals surface area (Å²) < 4.78 is 0. The molecule has 7 aromatic carbocycles. The zero-order chi connectivity index (χ0) is 59.7. The number of primary amides is 1. The van der Waals surface area contributed by atoms with E-state index >= 15 is 9.59 Å². The Morgan fingerprint density at radius 2 is 1.00 bits per heavy atom. The summed E-state index contributed by atoms with van der Waals surface area (Å²) in [6.07, 6.45) is -2.02. The zero-order valence-corrected chi connectivity index (χ0v) is 48.6. The molecule has 11 N–H and O–H groups in total. The normalized spacial score (nSPS) is 19.9. The molecule has 0 saturated carbocycles. The van der Waals surface area contributed by atoms with Crippen molar-refractivity contribution in [2.45, 2.75) is 94.5 Å². The van der Waals surface area contributed by atoms with Gasteiger partial charge in [-0.3, -0.25) is 38.4 Å². The third-order valence-electron chi connectivity index (χ3n) is 14.3. The summed E-state index contributed by atoms with van der Waals surface area (Å²) in [6, 6.07) is 43.2. The number of likely N-dealkylation sites (N-methyl/N-ethyl adjacent to an activating group) is 1. The summed E-state index contributed by atoms with van der Waals surface area (Å²) in [4.78, 5) is 118. The van der Waals surface area contributed by atoms with Crippen molar-refractivity contribution in [3.63, 3.8) is 0 Å². The molecule has 0 unspecified atom stereocenters. The highest BCUT2D eigenvalue weighted by Gasteiger charge is 2.37. The van der Waals surface area contributed by atoms with Gasteiger partial charge in [0.1, 0.15) is 30.2 Å². The van der Waals surface area contributed by atoms with Gasteiger partial charge in [-0.25, -0.2) is 0 Å². The minimum absolute atomic E-state index is 0.0350. The number of hydrogen-bond donors (Lipinski definition) is 9. The fourth-order valence-electron chi connectivity index (χ4n) is 9.56. The zero-order valence-electron chi connectivity index (χ0n) is 46.9. The van der Waals surface area contributed by atoms with E-state index in [1.165, 1.54) is 7.05 Å². The number of nitrogens with zero attached hydrogens (tertiary/aromatic N) is 1. The molecule has 18 nitrogen and oxygen atoms in total. The lowest BCUT2D eigenvalue weighted by molar-refractivity contribution is -0.137. The van der Waals surface area contributed by atoms with E-state index in [0.29, 0.717) is 23.2 Å². The van der Waals surface area contributed by atoms with Crippen LogP contribution in [0, 0.1) is 0 Å². The second-order valence-corrected chi connectivity index (χ2v) is 23.6. The van der Waals surface area contributed by atoms with E-state index in [4.69, 9.17) is 11.5 Å². The molecule has 7 atom stereocenters. The van der Waals surface area contributed by atoms with E-state index in [2.05, 4.69) is 37.2 Å². The SMILES string of the molecule is CC(C)NCc1ccc(C[C@@H]2NC(=O)[C@@H](N(C)C(=O)c3ccc4ccccc4c3)NC(=O)[C@H](Cc3ccccc3)NC(=O)[C@@H](N)CSSC[C@@H](C(=O)N[C@@H](Cc3ccc4ccccc4c3)C(N)=O)NC(=O)[C@H](Cc3ccccc3)NC2=O)cc1. The molecule has 0 aliphatic carbocycles. The predicted octanol–water partition coefficient (Wildman–Crippen LogP) is 4.61. The van der Waals surface area contributed by atoms with E-state index < -0.39 is 89.7 Å². The first-order valence-electron chi connectivity index (χ1n) is 27.7. The fourth-order valence-corrected chi connectivity index (χ4v) is 11.8. The third-order valence-corrected chi connectivity index (χ3v) is 16.8. The van der Waals surface area contributed by atoms with E-state index in [0.717, 1.165) is 59.2 Å². The van der Waals surface area contributed by atoms with E-state index in [1.807, 2.05) is 105 Å². The van der Waals surface area contributed by atoms with E-state index in [-0.39, 0.29) is 48.8 Å². The molecule has 20 heteroatoms. The maximum absolute atomic E-state index is 15.2. The number of carbonyl (C=O) groups excluding carboxylic acids is 8. The Morgan fingerprint density at radius 1 is 0.536 bits per heavy atom.